The van der Waals surface area contributed by atoms with E-state index in [1.165, 1.54) is 6.42 Å². The molecule has 0 spiro atoms. The Morgan fingerprint density at radius 1 is 1.67 bits per heavy atom. The van der Waals surface area contributed by atoms with Gasteiger partial charge in [0.1, 0.15) is 0 Å². The third kappa shape index (κ3) is 1.82. The predicted octanol–water partition coefficient (Wildman–Crippen LogP) is 2.98. The maximum Gasteiger partial charge on any atom is 0.0212 e. The van der Waals surface area contributed by atoms with Crippen molar-refractivity contribution in [2.24, 2.45) is 11.3 Å². The van der Waals surface area contributed by atoms with Crippen molar-refractivity contribution < 1.29 is 0 Å². The minimum absolute atomic E-state index is 0.610. The molecule has 1 saturated carbocycles. The molecular formula is C8H13Br. The number of hydrogen-bond donors (Lipinski definition) is 0. The summed E-state index contributed by atoms with van der Waals surface area (Å²) in [6.07, 6.45) is 5.88. The summed E-state index contributed by atoms with van der Waals surface area (Å²) in [5.41, 5.74) is 0.610. The monoisotopic (exact) mass is 188 g/mol. The van der Waals surface area contributed by atoms with Crippen LogP contribution in [0, 0.1) is 11.3 Å². The second-order valence-corrected chi connectivity index (χ2v) is 4.03. The van der Waals surface area contributed by atoms with E-state index in [1.54, 1.807) is 0 Å². The maximum absolute atomic E-state index is 3.36. The average molecular weight is 189 g/mol. The lowest BCUT2D eigenvalue weighted by atomic mass is 10.1. The van der Waals surface area contributed by atoms with Gasteiger partial charge in [-0.1, -0.05) is 41.9 Å². The van der Waals surface area contributed by atoms with Gasteiger partial charge in [-0.2, -0.15) is 0 Å². The molecule has 52 valence electrons. The minimum Gasteiger partial charge on any atom is -0.0883 e. The van der Waals surface area contributed by atoms with Crippen LogP contribution in [0.3, 0.4) is 0 Å². The zero-order chi connectivity index (χ0) is 6.91. The molecule has 0 aromatic carbocycles. The van der Waals surface area contributed by atoms with Crippen molar-refractivity contribution in [3.63, 3.8) is 0 Å². The molecule has 0 aliphatic heterocycles. The number of halogens is 1. The van der Waals surface area contributed by atoms with Gasteiger partial charge in [-0.3, -0.25) is 0 Å². The molecule has 1 heteroatoms. The third-order valence-electron chi connectivity index (χ3n) is 2.05. The normalized spacial score (nSPS) is 31.2. The van der Waals surface area contributed by atoms with Crippen molar-refractivity contribution in [1.82, 2.24) is 0 Å². The van der Waals surface area contributed by atoms with Gasteiger partial charge in [-0.15, -0.1) is 0 Å². The van der Waals surface area contributed by atoms with Gasteiger partial charge in [-0.05, 0) is 17.8 Å². The summed E-state index contributed by atoms with van der Waals surface area (Å²) < 4.78 is 0. The van der Waals surface area contributed by atoms with Crippen LogP contribution in [0.5, 0.6) is 0 Å². The highest BCUT2D eigenvalue weighted by molar-refractivity contribution is 9.09. The van der Waals surface area contributed by atoms with Crippen molar-refractivity contribution in [3.8, 4) is 0 Å². The van der Waals surface area contributed by atoms with Gasteiger partial charge in [0.05, 0.1) is 0 Å². The number of alkyl halides is 1. The zero-order valence-electron chi connectivity index (χ0n) is 6.02. The quantitative estimate of drug-likeness (QED) is 0.462. The Bertz CT molecular complexity index is 125. The van der Waals surface area contributed by atoms with E-state index in [1.807, 2.05) is 0 Å². The lowest BCUT2D eigenvalue weighted by molar-refractivity contribution is 0.610. The van der Waals surface area contributed by atoms with Gasteiger partial charge < -0.3 is 0 Å². The summed E-state index contributed by atoms with van der Waals surface area (Å²) in [6.45, 7) is 4.63. The highest BCUT2D eigenvalue weighted by Crippen LogP contribution is 2.52. The molecule has 0 saturated heterocycles. The highest BCUT2D eigenvalue weighted by atomic mass is 79.9. The zero-order valence-corrected chi connectivity index (χ0v) is 7.61. The van der Waals surface area contributed by atoms with E-state index >= 15 is 0 Å². The number of hydrogen-bond acceptors (Lipinski definition) is 0. The summed E-state index contributed by atoms with van der Waals surface area (Å²) in [5, 5.41) is 1.000. The maximum atomic E-state index is 3.36. The van der Waals surface area contributed by atoms with Crippen LogP contribution in [0.2, 0.25) is 0 Å². The molecule has 0 aromatic heterocycles. The largest absolute Gasteiger partial charge is 0.0883 e. The van der Waals surface area contributed by atoms with Gasteiger partial charge >= 0.3 is 0 Å². The van der Waals surface area contributed by atoms with E-state index in [-0.39, 0.29) is 0 Å². The van der Waals surface area contributed by atoms with Gasteiger partial charge in [0.2, 0.25) is 0 Å². The Hall–Kier alpha value is 0.220. The van der Waals surface area contributed by atoms with Gasteiger partial charge in [0.15, 0.2) is 0 Å². The standard InChI is InChI=1S/C8H13Br/c1-8(2)6-7(8)4-3-5-9/h3-4,7H,5-6H2,1-2H3/b4-3+/t7-/m1/s1. The van der Waals surface area contributed by atoms with Crippen molar-refractivity contribution >= 4 is 15.9 Å². The third-order valence-corrected chi connectivity index (χ3v) is 2.42. The molecule has 0 nitrogen and oxygen atoms in total. The molecule has 1 aliphatic carbocycles. The number of allylic oxidation sites excluding steroid dienone is 2. The van der Waals surface area contributed by atoms with Crippen LogP contribution in [0.1, 0.15) is 20.3 Å². The Labute approximate surface area is 65.5 Å². The molecule has 0 N–H and O–H groups in total. The van der Waals surface area contributed by atoms with E-state index in [0.29, 0.717) is 5.41 Å². The summed E-state index contributed by atoms with van der Waals surface area (Å²) in [5.74, 6) is 0.857. The first-order valence-corrected chi connectivity index (χ1v) is 4.51. The first-order valence-electron chi connectivity index (χ1n) is 3.39. The molecule has 0 heterocycles. The van der Waals surface area contributed by atoms with Crippen LogP contribution in [-0.2, 0) is 0 Å². The van der Waals surface area contributed by atoms with Crippen molar-refractivity contribution in [2.75, 3.05) is 5.33 Å². The van der Waals surface area contributed by atoms with Crippen LogP contribution in [-0.4, -0.2) is 5.33 Å². The SMILES string of the molecule is CC1(C)C[C@H]1/C=C/CBr. The molecule has 1 fully saturated rings. The molecule has 0 aromatic rings. The molecule has 0 radical (unpaired) electrons. The Morgan fingerprint density at radius 2 is 2.22 bits per heavy atom. The predicted molar refractivity (Wildman–Crippen MR) is 44.8 cm³/mol. The van der Waals surface area contributed by atoms with E-state index < -0.39 is 0 Å². The first-order chi connectivity index (χ1) is 4.17. The smallest absolute Gasteiger partial charge is 0.0212 e. The summed E-state index contributed by atoms with van der Waals surface area (Å²) >= 11 is 3.36. The van der Waals surface area contributed by atoms with Crippen LogP contribution in [0.25, 0.3) is 0 Å². The summed E-state index contributed by atoms with van der Waals surface area (Å²) in [4.78, 5) is 0. The van der Waals surface area contributed by atoms with E-state index in [0.717, 1.165) is 11.2 Å². The fourth-order valence-corrected chi connectivity index (χ4v) is 1.27. The summed E-state index contributed by atoms with van der Waals surface area (Å²) in [6, 6.07) is 0. The molecule has 0 bridgehead atoms. The molecule has 1 aliphatic rings. The molecule has 1 atom stereocenters. The van der Waals surface area contributed by atoms with Crippen LogP contribution in [0.4, 0.5) is 0 Å². The molecule has 1 rings (SSSR count). The summed E-state index contributed by atoms with van der Waals surface area (Å²) in [7, 11) is 0. The topological polar surface area (TPSA) is 0 Å². The lowest BCUT2D eigenvalue weighted by Crippen LogP contribution is -1.85. The average Bonchev–Trinajstić information content (AvgIpc) is 2.35. The van der Waals surface area contributed by atoms with Crippen LogP contribution < -0.4 is 0 Å². The Morgan fingerprint density at radius 3 is 2.56 bits per heavy atom. The fraction of sp³-hybridized carbons (Fsp3) is 0.750. The fourth-order valence-electron chi connectivity index (χ4n) is 1.05. The molecule has 9 heavy (non-hydrogen) atoms. The van der Waals surface area contributed by atoms with E-state index in [2.05, 4.69) is 41.9 Å². The second kappa shape index (κ2) is 2.45. The van der Waals surface area contributed by atoms with Crippen molar-refractivity contribution in [1.29, 1.82) is 0 Å². The van der Waals surface area contributed by atoms with Crippen LogP contribution >= 0.6 is 15.9 Å². The minimum atomic E-state index is 0.610. The molecule has 0 unspecified atom stereocenters. The first kappa shape index (κ1) is 7.33. The second-order valence-electron chi connectivity index (χ2n) is 3.38. The molecule has 0 amide bonds. The van der Waals surface area contributed by atoms with Crippen LogP contribution in [0.15, 0.2) is 12.2 Å². The van der Waals surface area contributed by atoms with Gasteiger partial charge in [0, 0.05) is 5.33 Å². The van der Waals surface area contributed by atoms with Gasteiger partial charge in [0.25, 0.3) is 0 Å². The van der Waals surface area contributed by atoms with Crippen molar-refractivity contribution in [3.05, 3.63) is 12.2 Å². The highest BCUT2D eigenvalue weighted by Gasteiger charge is 2.43. The van der Waals surface area contributed by atoms with Gasteiger partial charge in [-0.25, -0.2) is 0 Å². The Kier molecular flexibility index (Phi) is 2.00. The molecular weight excluding hydrogens is 176 g/mol. The van der Waals surface area contributed by atoms with Crippen molar-refractivity contribution in [2.45, 2.75) is 20.3 Å². The lowest BCUT2D eigenvalue weighted by Gasteiger charge is -1.94. The number of rotatable bonds is 2. The Balaban J connectivity index is 2.27. The van der Waals surface area contributed by atoms with E-state index in [4.69, 9.17) is 0 Å². The van der Waals surface area contributed by atoms with E-state index in [9.17, 15) is 0 Å².